The first-order valence-electron chi connectivity index (χ1n) is 8.52. The number of fused-ring (bicyclic) bond motifs is 1. The molecule has 1 N–H and O–H groups in total. The minimum Gasteiger partial charge on any atom is -0.496 e. The summed E-state index contributed by atoms with van der Waals surface area (Å²) in [4.78, 5) is 12.5. The molecule has 0 radical (unpaired) electrons. The van der Waals surface area contributed by atoms with Crippen molar-refractivity contribution in [3.05, 3.63) is 64.9 Å². The Morgan fingerprint density at radius 1 is 1.15 bits per heavy atom. The van der Waals surface area contributed by atoms with Gasteiger partial charge in [0.2, 0.25) is 5.91 Å². The van der Waals surface area contributed by atoms with Crippen molar-refractivity contribution >= 4 is 28.1 Å². The zero-order chi connectivity index (χ0) is 18.8. The number of carbonyl (C=O) groups excluding carboxylic acids is 1. The monoisotopic (exact) mass is 349 g/mol. The van der Waals surface area contributed by atoms with Crippen LogP contribution < -0.4 is 10.1 Å². The van der Waals surface area contributed by atoms with Crippen molar-refractivity contribution in [1.29, 1.82) is 0 Å². The summed E-state index contributed by atoms with van der Waals surface area (Å²) < 4.78 is 11.0. The Kier molecular flexibility index (Phi) is 4.85. The highest BCUT2D eigenvalue weighted by Crippen LogP contribution is 2.33. The van der Waals surface area contributed by atoms with Crippen LogP contribution in [0.1, 0.15) is 29.2 Å². The number of rotatable bonds is 4. The Bertz CT molecular complexity index is 1010. The van der Waals surface area contributed by atoms with Crippen molar-refractivity contribution in [3.8, 4) is 5.75 Å². The number of anilines is 1. The van der Waals surface area contributed by atoms with Gasteiger partial charge < -0.3 is 14.5 Å². The molecule has 3 rings (SSSR count). The zero-order valence-electron chi connectivity index (χ0n) is 15.8. The van der Waals surface area contributed by atoms with E-state index in [0.717, 1.165) is 44.5 Å². The summed E-state index contributed by atoms with van der Waals surface area (Å²) in [6.45, 7) is 7.93. The lowest BCUT2D eigenvalue weighted by Crippen LogP contribution is -2.10. The lowest BCUT2D eigenvalue weighted by atomic mass is 10.0. The number of ether oxygens (including phenoxy) is 1. The first-order valence-corrected chi connectivity index (χ1v) is 8.52. The van der Waals surface area contributed by atoms with E-state index >= 15 is 0 Å². The van der Waals surface area contributed by atoms with Crippen LogP contribution >= 0.6 is 0 Å². The summed E-state index contributed by atoms with van der Waals surface area (Å²) in [6, 6.07) is 9.74. The Morgan fingerprint density at radius 2 is 1.92 bits per heavy atom. The highest BCUT2D eigenvalue weighted by Gasteiger charge is 2.12. The molecule has 4 nitrogen and oxygen atoms in total. The fourth-order valence-electron chi connectivity index (χ4n) is 2.99. The molecule has 0 fully saturated rings. The molecular formula is C22H23NO3. The van der Waals surface area contributed by atoms with E-state index in [2.05, 4.69) is 5.32 Å². The van der Waals surface area contributed by atoms with Gasteiger partial charge in [-0.05, 0) is 62.1 Å². The number of methoxy groups -OCH3 is 1. The maximum Gasteiger partial charge on any atom is 0.248 e. The van der Waals surface area contributed by atoms with Crippen LogP contribution in [0.3, 0.4) is 0 Å². The van der Waals surface area contributed by atoms with E-state index in [4.69, 9.17) is 9.15 Å². The summed E-state index contributed by atoms with van der Waals surface area (Å²) in [5.74, 6) is 0.516. The van der Waals surface area contributed by atoms with Gasteiger partial charge in [0, 0.05) is 28.8 Å². The van der Waals surface area contributed by atoms with Gasteiger partial charge in [0.05, 0.1) is 13.4 Å². The van der Waals surface area contributed by atoms with Gasteiger partial charge in [-0.1, -0.05) is 12.1 Å². The van der Waals surface area contributed by atoms with Gasteiger partial charge in [-0.2, -0.15) is 0 Å². The first kappa shape index (κ1) is 17.8. The van der Waals surface area contributed by atoms with E-state index in [9.17, 15) is 4.79 Å². The minimum absolute atomic E-state index is 0.165. The fourth-order valence-corrected chi connectivity index (χ4v) is 2.99. The van der Waals surface area contributed by atoms with Gasteiger partial charge in [0.1, 0.15) is 11.3 Å². The molecule has 26 heavy (non-hydrogen) atoms. The van der Waals surface area contributed by atoms with Gasteiger partial charge in [-0.15, -0.1) is 0 Å². The number of furan rings is 1. The molecule has 4 heteroatoms. The van der Waals surface area contributed by atoms with Gasteiger partial charge >= 0.3 is 0 Å². The highest BCUT2D eigenvalue weighted by molar-refractivity contribution is 6.05. The van der Waals surface area contributed by atoms with Crippen molar-refractivity contribution in [2.45, 2.75) is 27.7 Å². The van der Waals surface area contributed by atoms with E-state index < -0.39 is 0 Å². The van der Waals surface area contributed by atoms with Crippen molar-refractivity contribution in [2.24, 2.45) is 0 Å². The summed E-state index contributed by atoms with van der Waals surface area (Å²) in [7, 11) is 1.62. The van der Waals surface area contributed by atoms with Gasteiger partial charge in [-0.3, -0.25) is 4.79 Å². The Morgan fingerprint density at radius 3 is 2.65 bits per heavy atom. The standard InChI is InChI=1S/C22H23NO3/c1-13-7-6-8-19(16(13)4)23-22(24)9-14(2)17-10-18-15(3)12-26-21(18)11-20(17)25-5/h6-12H,1-5H3,(H,23,24)/b14-9+. The molecular weight excluding hydrogens is 326 g/mol. The lowest BCUT2D eigenvalue weighted by Gasteiger charge is -2.11. The SMILES string of the molecule is COc1cc2occ(C)c2cc1/C(C)=C/C(=O)Nc1cccc(C)c1C. The average Bonchev–Trinajstić information content (AvgIpc) is 2.98. The highest BCUT2D eigenvalue weighted by atomic mass is 16.5. The lowest BCUT2D eigenvalue weighted by molar-refractivity contribution is -0.111. The van der Waals surface area contributed by atoms with Gasteiger partial charge in [-0.25, -0.2) is 0 Å². The molecule has 134 valence electrons. The molecule has 0 saturated heterocycles. The Labute approximate surface area is 153 Å². The van der Waals surface area contributed by atoms with Crippen LogP contribution in [0, 0.1) is 20.8 Å². The van der Waals surface area contributed by atoms with E-state index in [1.807, 2.05) is 58.0 Å². The predicted molar refractivity (Wildman–Crippen MR) is 106 cm³/mol. The summed E-state index contributed by atoms with van der Waals surface area (Å²) in [5, 5.41) is 3.98. The second-order valence-corrected chi connectivity index (χ2v) is 6.53. The maximum atomic E-state index is 12.5. The number of hydrogen-bond donors (Lipinski definition) is 1. The number of benzene rings is 2. The molecule has 0 saturated carbocycles. The molecule has 0 aliphatic carbocycles. The van der Waals surface area contributed by atoms with Crippen LogP contribution in [0.2, 0.25) is 0 Å². The second kappa shape index (κ2) is 7.08. The van der Waals surface area contributed by atoms with E-state index in [1.165, 1.54) is 0 Å². The molecule has 0 bridgehead atoms. The second-order valence-electron chi connectivity index (χ2n) is 6.53. The number of hydrogen-bond acceptors (Lipinski definition) is 3. The fraction of sp³-hybridized carbons (Fsp3) is 0.227. The minimum atomic E-state index is -0.165. The molecule has 0 aliphatic heterocycles. The van der Waals surface area contributed by atoms with Crippen molar-refractivity contribution < 1.29 is 13.9 Å². The van der Waals surface area contributed by atoms with E-state index in [0.29, 0.717) is 5.75 Å². The van der Waals surface area contributed by atoms with Gasteiger partial charge in [0.25, 0.3) is 0 Å². The van der Waals surface area contributed by atoms with Crippen molar-refractivity contribution in [3.63, 3.8) is 0 Å². The van der Waals surface area contributed by atoms with Crippen molar-refractivity contribution in [1.82, 2.24) is 0 Å². The number of aryl methyl sites for hydroxylation is 2. The van der Waals surface area contributed by atoms with Crippen LogP contribution in [0.15, 0.2) is 47.1 Å². The molecule has 0 unspecified atom stereocenters. The Hall–Kier alpha value is -3.01. The number of carbonyl (C=O) groups is 1. The third kappa shape index (κ3) is 3.36. The van der Waals surface area contributed by atoms with Crippen LogP contribution in [0.25, 0.3) is 16.5 Å². The normalized spacial score (nSPS) is 11.7. The van der Waals surface area contributed by atoms with E-state index in [1.54, 1.807) is 19.4 Å². The van der Waals surface area contributed by atoms with E-state index in [-0.39, 0.29) is 5.91 Å². The van der Waals surface area contributed by atoms with Gasteiger partial charge in [0.15, 0.2) is 0 Å². The number of allylic oxidation sites excluding steroid dienone is 1. The topological polar surface area (TPSA) is 51.5 Å². The molecule has 1 amide bonds. The zero-order valence-corrected chi connectivity index (χ0v) is 15.8. The number of amides is 1. The maximum absolute atomic E-state index is 12.5. The van der Waals surface area contributed by atoms with Crippen LogP contribution in [0.5, 0.6) is 5.75 Å². The molecule has 2 aromatic carbocycles. The Balaban J connectivity index is 1.93. The molecule has 3 aromatic rings. The molecule has 1 aromatic heterocycles. The summed E-state index contributed by atoms with van der Waals surface area (Å²) in [6.07, 6.45) is 3.32. The predicted octanol–water partition coefficient (Wildman–Crippen LogP) is 5.41. The number of nitrogens with one attached hydrogen (secondary N) is 1. The smallest absolute Gasteiger partial charge is 0.248 e. The van der Waals surface area contributed by atoms with Crippen LogP contribution in [-0.4, -0.2) is 13.0 Å². The van der Waals surface area contributed by atoms with Crippen LogP contribution in [0.4, 0.5) is 5.69 Å². The molecule has 0 atom stereocenters. The quantitative estimate of drug-likeness (QED) is 0.641. The van der Waals surface area contributed by atoms with Crippen LogP contribution in [-0.2, 0) is 4.79 Å². The third-order valence-electron chi connectivity index (χ3n) is 4.72. The van der Waals surface area contributed by atoms with Crippen molar-refractivity contribution in [2.75, 3.05) is 12.4 Å². The third-order valence-corrected chi connectivity index (χ3v) is 4.72. The molecule has 0 aliphatic rings. The summed E-state index contributed by atoms with van der Waals surface area (Å²) in [5.41, 5.74) is 6.57. The molecule has 1 heterocycles. The first-order chi connectivity index (χ1) is 12.4. The molecule has 0 spiro atoms. The summed E-state index contributed by atoms with van der Waals surface area (Å²) >= 11 is 0. The average molecular weight is 349 g/mol. The largest absolute Gasteiger partial charge is 0.496 e.